The SMILES string of the molecule is COc1ccc(CN2CCC(C)C(OC)C2)cc1C#N. The van der Waals surface area contributed by atoms with E-state index in [4.69, 9.17) is 14.7 Å². The number of nitrogens with zero attached hydrogens (tertiary/aromatic N) is 2. The van der Waals surface area contributed by atoms with E-state index in [0.717, 1.165) is 31.6 Å². The van der Waals surface area contributed by atoms with Crippen molar-refractivity contribution < 1.29 is 9.47 Å². The predicted molar refractivity (Wildman–Crippen MR) is 77.6 cm³/mol. The summed E-state index contributed by atoms with van der Waals surface area (Å²) in [6, 6.07) is 7.99. The molecule has 0 aliphatic carbocycles. The summed E-state index contributed by atoms with van der Waals surface area (Å²) < 4.78 is 10.7. The maximum Gasteiger partial charge on any atom is 0.136 e. The summed E-state index contributed by atoms with van der Waals surface area (Å²) in [5, 5.41) is 9.13. The first kappa shape index (κ1) is 14.8. The van der Waals surface area contributed by atoms with Gasteiger partial charge in [-0.15, -0.1) is 0 Å². The number of benzene rings is 1. The molecule has 1 aromatic carbocycles. The summed E-state index contributed by atoms with van der Waals surface area (Å²) >= 11 is 0. The molecule has 0 amide bonds. The molecule has 0 N–H and O–H groups in total. The zero-order chi connectivity index (χ0) is 14.5. The summed E-state index contributed by atoms with van der Waals surface area (Å²) in [6.45, 7) is 5.12. The molecule has 108 valence electrons. The molecular weight excluding hydrogens is 252 g/mol. The third-order valence-corrected chi connectivity index (χ3v) is 4.07. The molecule has 20 heavy (non-hydrogen) atoms. The number of hydrogen-bond donors (Lipinski definition) is 0. The Bertz CT molecular complexity index is 496. The monoisotopic (exact) mass is 274 g/mol. The maximum absolute atomic E-state index is 9.13. The summed E-state index contributed by atoms with van der Waals surface area (Å²) in [5.41, 5.74) is 1.74. The highest BCUT2D eigenvalue weighted by Gasteiger charge is 2.25. The molecular formula is C16H22N2O2. The fraction of sp³-hybridized carbons (Fsp3) is 0.562. The normalized spacial score (nSPS) is 23.3. The summed E-state index contributed by atoms with van der Waals surface area (Å²) in [4.78, 5) is 2.39. The smallest absolute Gasteiger partial charge is 0.136 e. The van der Waals surface area contributed by atoms with Crippen LogP contribution in [0.1, 0.15) is 24.5 Å². The van der Waals surface area contributed by atoms with Crippen molar-refractivity contribution in [3.05, 3.63) is 29.3 Å². The van der Waals surface area contributed by atoms with E-state index >= 15 is 0 Å². The van der Waals surface area contributed by atoms with Crippen molar-refractivity contribution in [3.63, 3.8) is 0 Å². The molecule has 4 nitrogen and oxygen atoms in total. The van der Waals surface area contributed by atoms with Crippen molar-refractivity contribution in [2.45, 2.75) is 26.0 Å². The lowest BCUT2D eigenvalue weighted by Crippen LogP contribution is -2.43. The molecule has 2 unspecified atom stereocenters. The lowest BCUT2D eigenvalue weighted by molar-refractivity contribution is -0.00745. The molecule has 0 bridgehead atoms. The van der Waals surface area contributed by atoms with Crippen LogP contribution in [-0.2, 0) is 11.3 Å². The fourth-order valence-electron chi connectivity index (χ4n) is 2.75. The van der Waals surface area contributed by atoms with Crippen molar-refractivity contribution in [1.29, 1.82) is 5.26 Å². The van der Waals surface area contributed by atoms with Crippen LogP contribution in [0.2, 0.25) is 0 Å². The number of rotatable bonds is 4. The quantitative estimate of drug-likeness (QED) is 0.846. The second-order valence-electron chi connectivity index (χ2n) is 5.42. The molecule has 1 aromatic rings. The summed E-state index contributed by atoms with van der Waals surface area (Å²) in [7, 11) is 3.37. The van der Waals surface area contributed by atoms with Crippen LogP contribution < -0.4 is 4.74 Å². The summed E-state index contributed by atoms with van der Waals surface area (Å²) in [5.74, 6) is 1.25. The Hall–Kier alpha value is -1.57. The Morgan fingerprint density at radius 1 is 1.40 bits per heavy atom. The van der Waals surface area contributed by atoms with Gasteiger partial charge in [-0.2, -0.15) is 5.26 Å². The Labute approximate surface area is 120 Å². The third kappa shape index (κ3) is 3.30. The van der Waals surface area contributed by atoms with E-state index in [0.29, 0.717) is 23.3 Å². The van der Waals surface area contributed by atoms with E-state index in [1.807, 2.05) is 18.2 Å². The average molecular weight is 274 g/mol. The first-order valence-electron chi connectivity index (χ1n) is 7.00. The van der Waals surface area contributed by atoms with Gasteiger partial charge >= 0.3 is 0 Å². The average Bonchev–Trinajstić information content (AvgIpc) is 2.49. The Morgan fingerprint density at radius 2 is 2.20 bits per heavy atom. The van der Waals surface area contributed by atoms with E-state index in [2.05, 4.69) is 17.9 Å². The third-order valence-electron chi connectivity index (χ3n) is 4.07. The number of methoxy groups -OCH3 is 2. The molecule has 0 saturated carbocycles. The lowest BCUT2D eigenvalue weighted by Gasteiger charge is -2.36. The number of ether oxygens (including phenoxy) is 2. The van der Waals surface area contributed by atoms with Crippen LogP contribution >= 0.6 is 0 Å². The molecule has 1 saturated heterocycles. The van der Waals surface area contributed by atoms with E-state index < -0.39 is 0 Å². The van der Waals surface area contributed by atoms with Gasteiger partial charge in [-0.3, -0.25) is 4.90 Å². The number of piperidine rings is 1. The van der Waals surface area contributed by atoms with E-state index in [-0.39, 0.29) is 0 Å². The number of nitriles is 1. The molecule has 1 aliphatic heterocycles. The second kappa shape index (κ2) is 6.74. The minimum absolute atomic E-state index is 0.303. The van der Waals surface area contributed by atoms with Crippen LogP contribution in [0.5, 0.6) is 5.75 Å². The first-order chi connectivity index (χ1) is 9.67. The van der Waals surface area contributed by atoms with Crippen molar-refractivity contribution in [3.8, 4) is 11.8 Å². The van der Waals surface area contributed by atoms with Crippen LogP contribution in [0.3, 0.4) is 0 Å². The second-order valence-corrected chi connectivity index (χ2v) is 5.42. The molecule has 1 heterocycles. The molecule has 1 aliphatic rings. The van der Waals surface area contributed by atoms with Gasteiger partial charge in [0.15, 0.2) is 0 Å². The van der Waals surface area contributed by atoms with Crippen LogP contribution in [0.4, 0.5) is 0 Å². The first-order valence-corrected chi connectivity index (χ1v) is 7.00. The van der Waals surface area contributed by atoms with E-state index in [9.17, 15) is 0 Å². The highest BCUT2D eigenvalue weighted by molar-refractivity contribution is 5.45. The lowest BCUT2D eigenvalue weighted by atomic mass is 9.95. The number of hydrogen-bond acceptors (Lipinski definition) is 4. The Balaban J connectivity index is 2.05. The van der Waals surface area contributed by atoms with Gasteiger partial charge in [-0.1, -0.05) is 13.0 Å². The van der Waals surface area contributed by atoms with Gasteiger partial charge in [0, 0.05) is 20.2 Å². The van der Waals surface area contributed by atoms with Crippen molar-refractivity contribution in [2.75, 3.05) is 27.3 Å². The topological polar surface area (TPSA) is 45.5 Å². The minimum atomic E-state index is 0.303. The van der Waals surface area contributed by atoms with Crippen LogP contribution in [0.15, 0.2) is 18.2 Å². The Morgan fingerprint density at radius 3 is 2.85 bits per heavy atom. The van der Waals surface area contributed by atoms with Gasteiger partial charge in [0.2, 0.25) is 0 Å². The van der Waals surface area contributed by atoms with Gasteiger partial charge < -0.3 is 9.47 Å². The van der Waals surface area contributed by atoms with Crippen molar-refractivity contribution >= 4 is 0 Å². The maximum atomic E-state index is 9.13. The van der Waals surface area contributed by atoms with Gasteiger partial charge in [0.05, 0.1) is 18.8 Å². The largest absolute Gasteiger partial charge is 0.495 e. The van der Waals surface area contributed by atoms with Gasteiger partial charge in [0.1, 0.15) is 11.8 Å². The molecule has 2 rings (SSSR count). The minimum Gasteiger partial charge on any atom is -0.495 e. The highest BCUT2D eigenvalue weighted by Crippen LogP contribution is 2.23. The standard InChI is InChI=1S/C16H22N2O2/c1-12-6-7-18(11-16(12)20-3)10-13-4-5-15(19-2)14(8-13)9-17/h4-5,8,12,16H,6-7,10-11H2,1-3H3. The van der Waals surface area contributed by atoms with Crippen LogP contribution in [-0.4, -0.2) is 38.3 Å². The van der Waals surface area contributed by atoms with Crippen molar-refractivity contribution in [2.24, 2.45) is 5.92 Å². The van der Waals surface area contributed by atoms with Crippen molar-refractivity contribution in [1.82, 2.24) is 4.90 Å². The predicted octanol–water partition coefficient (Wildman–Crippen LogP) is 2.42. The zero-order valence-electron chi connectivity index (χ0n) is 12.4. The van der Waals surface area contributed by atoms with Gasteiger partial charge in [-0.05, 0) is 36.6 Å². The molecule has 0 radical (unpaired) electrons. The molecule has 0 spiro atoms. The van der Waals surface area contributed by atoms with E-state index in [1.54, 1.807) is 14.2 Å². The molecule has 0 aromatic heterocycles. The Kier molecular flexibility index (Phi) is 4.99. The fourth-order valence-corrected chi connectivity index (χ4v) is 2.75. The van der Waals surface area contributed by atoms with Crippen LogP contribution in [0.25, 0.3) is 0 Å². The van der Waals surface area contributed by atoms with E-state index in [1.165, 1.54) is 0 Å². The molecule has 4 heteroatoms. The molecule has 2 atom stereocenters. The van der Waals surface area contributed by atoms with Crippen LogP contribution in [0, 0.1) is 17.2 Å². The zero-order valence-corrected chi connectivity index (χ0v) is 12.4. The summed E-state index contributed by atoms with van der Waals surface area (Å²) in [6.07, 6.45) is 1.46. The molecule has 1 fully saturated rings. The van der Waals surface area contributed by atoms with Gasteiger partial charge in [-0.25, -0.2) is 0 Å². The number of likely N-dealkylation sites (tertiary alicyclic amines) is 1. The highest BCUT2D eigenvalue weighted by atomic mass is 16.5. The van der Waals surface area contributed by atoms with Gasteiger partial charge in [0.25, 0.3) is 0 Å².